The molecule has 0 saturated carbocycles. The van der Waals surface area contributed by atoms with Crippen molar-refractivity contribution in [1.82, 2.24) is 0 Å². The van der Waals surface area contributed by atoms with Crippen LogP contribution in [-0.2, 0) is 64.6 Å². The average molecular weight is 1280 g/mol. The molecule has 77 heavy (non-hydrogen) atoms. The first-order chi connectivity index (χ1) is 32.2. The molecule has 0 unspecified atom stereocenters. The molecule has 0 atom stereocenters. The third-order valence-corrected chi connectivity index (χ3v) is 9.03. The molecule has 0 N–H and O–H groups in total. The molecule has 0 heterocycles. The number of hydrogen-bond donors (Lipinski definition) is 0. The van der Waals surface area contributed by atoms with Crippen molar-refractivity contribution in [2.24, 2.45) is 21.7 Å². The van der Waals surface area contributed by atoms with Crippen LogP contribution in [0.15, 0.2) is 0 Å². The fraction of sp³-hybridized carbons (Fsp3) is 0.800. The largest absolute Gasteiger partial charge is 0.460 e. The van der Waals surface area contributed by atoms with E-state index < -0.39 is 166 Å². The molecule has 452 valence electrons. The van der Waals surface area contributed by atoms with Crippen LogP contribution < -0.4 is 0 Å². The summed E-state index contributed by atoms with van der Waals surface area (Å²) in [6, 6.07) is 0. The fourth-order valence-electron chi connectivity index (χ4n) is 3.50. The summed E-state index contributed by atoms with van der Waals surface area (Å²) in [4.78, 5) is 88.3. The Morgan fingerprint density at radius 3 is 0.364 bits per heavy atom. The standard InChI is InChI=1S/4C10H11F7O2.Zr/c4*1-7(2,3)5(18)4-6(19)8(11,12)9(13,14)10(15,16)17;/h4*4H2,1-3H3;. The van der Waals surface area contributed by atoms with E-state index in [2.05, 4.69) is 0 Å². The van der Waals surface area contributed by atoms with Crippen molar-refractivity contribution < 1.29 is 187 Å². The van der Waals surface area contributed by atoms with E-state index in [0.29, 0.717) is 0 Å². The van der Waals surface area contributed by atoms with Gasteiger partial charge in [0.2, 0.25) is 23.1 Å². The number of ketones is 8. The maximum Gasteiger partial charge on any atom is 0.460 e. The maximum atomic E-state index is 12.9. The van der Waals surface area contributed by atoms with Crippen molar-refractivity contribution >= 4 is 46.3 Å². The molecular formula is C40H44F28O8Zr. The average Bonchev–Trinajstić information content (AvgIpc) is 3.14. The van der Waals surface area contributed by atoms with Gasteiger partial charge in [0.25, 0.3) is 0 Å². The van der Waals surface area contributed by atoms with Gasteiger partial charge in [-0.2, -0.15) is 123 Å². The van der Waals surface area contributed by atoms with Gasteiger partial charge in [-0.3, -0.25) is 38.4 Å². The molecule has 8 nitrogen and oxygen atoms in total. The summed E-state index contributed by atoms with van der Waals surface area (Å²) >= 11 is 0. The topological polar surface area (TPSA) is 137 Å². The molecule has 0 aliphatic rings. The van der Waals surface area contributed by atoms with Crippen LogP contribution >= 0.6 is 0 Å². The third-order valence-electron chi connectivity index (χ3n) is 9.03. The first-order valence-corrected chi connectivity index (χ1v) is 19.8. The Labute approximate surface area is 435 Å². The van der Waals surface area contributed by atoms with Crippen molar-refractivity contribution in [3.63, 3.8) is 0 Å². The molecule has 0 fully saturated rings. The Balaban J connectivity index is -0.000000298. The quantitative estimate of drug-likeness (QED) is 0.110. The number of carbonyl (C=O) groups is 8. The molecule has 0 saturated heterocycles. The molecule has 0 aromatic heterocycles. The van der Waals surface area contributed by atoms with Gasteiger partial charge < -0.3 is 0 Å². The van der Waals surface area contributed by atoms with Gasteiger partial charge in [-0.1, -0.05) is 83.1 Å². The maximum absolute atomic E-state index is 12.9. The summed E-state index contributed by atoms with van der Waals surface area (Å²) in [6.45, 7) is 14.5. The first kappa shape index (κ1) is 82.1. The molecule has 0 aliphatic carbocycles. The molecule has 0 spiro atoms. The molecule has 0 bridgehead atoms. The summed E-state index contributed by atoms with van der Waals surface area (Å²) < 4.78 is 344. The number of carbonyl (C=O) groups excluding carboxylic acids is 8. The molecular weight excluding hydrogens is 1230 g/mol. The van der Waals surface area contributed by atoms with E-state index in [1.54, 1.807) is 0 Å². The Morgan fingerprint density at radius 2 is 0.299 bits per heavy atom. The van der Waals surface area contributed by atoms with Crippen LogP contribution in [0.5, 0.6) is 0 Å². The molecule has 37 heteroatoms. The summed E-state index contributed by atoms with van der Waals surface area (Å²) in [5.41, 5.74) is -5.23. The van der Waals surface area contributed by atoms with Gasteiger partial charge in [0.1, 0.15) is 23.1 Å². The van der Waals surface area contributed by atoms with Gasteiger partial charge in [-0.05, 0) is 0 Å². The van der Waals surface area contributed by atoms with E-state index in [1.807, 2.05) is 0 Å². The van der Waals surface area contributed by atoms with Crippen LogP contribution in [0, 0.1) is 21.7 Å². The normalized spacial score (nSPS) is 14.2. The van der Waals surface area contributed by atoms with Crippen LogP contribution in [0.2, 0.25) is 0 Å². The van der Waals surface area contributed by atoms with Crippen molar-refractivity contribution in [2.75, 3.05) is 0 Å². The van der Waals surface area contributed by atoms with Gasteiger partial charge >= 0.3 is 72.1 Å². The molecule has 0 aromatic carbocycles. The Hall–Kier alpha value is -3.72. The molecule has 0 radical (unpaired) electrons. The van der Waals surface area contributed by atoms with E-state index >= 15 is 0 Å². The van der Waals surface area contributed by atoms with E-state index in [-0.39, 0.29) is 26.2 Å². The summed E-state index contributed by atoms with van der Waals surface area (Å²) in [6.07, 6.45) is -33.1. The van der Waals surface area contributed by atoms with Crippen LogP contribution in [0.25, 0.3) is 0 Å². The molecule has 0 amide bonds. The SMILES string of the molecule is CC(C)(C)C(=O)CC(=O)C(F)(F)C(F)(F)C(F)(F)F.CC(C)(C)C(=O)CC(=O)C(F)(F)C(F)(F)C(F)(F)F.CC(C)(C)C(=O)CC(=O)C(F)(F)C(F)(F)C(F)(F)F.CC(C)(C)C(=O)CC(=O)C(F)(F)C(F)(F)C(F)(F)F.[Zr]. The van der Waals surface area contributed by atoms with Crippen LogP contribution in [0.1, 0.15) is 109 Å². The van der Waals surface area contributed by atoms with Crippen molar-refractivity contribution in [1.29, 1.82) is 0 Å². The smallest absolute Gasteiger partial charge is 0.299 e. The number of Topliss-reactive ketones (excluding diaryl/α,β-unsaturated/α-hetero) is 8. The van der Waals surface area contributed by atoms with Crippen molar-refractivity contribution in [2.45, 2.75) is 181 Å². The van der Waals surface area contributed by atoms with Crippen molar-refractivity contribution in [3.8, 4) is 0 Å². The second kappa shape index (κ2) is 25.4. The minimum Gasteiger partial charge on any atom is -0.299 e. The zero-order chi connectivity index (χ0) is 63.4. The van der Waals surface area contributed by atoms with Gasteiger partial charge in [0, 0.05) is 47.9 Å². The fourth-order valence-corrected chi connectivity index (χ4v) is 3.50. The van der Waals surface area contributed by atoms with E-state index in [4.69, 9.17) is 0 Å². The Bertz CT molecular complexity index is 1810. The van der Waals surface area contributed by atoms with Gasteiger partial charge in [0.05, 0.1) is 25.7 Å². The molecule has 0 rings (SSSR count). The minimum atomic E-state index is -6.59. The molecule has 0 aromatic rings. The number of rotatable bonds is 16. The van der Waals surface area contributed by atoms with E-state index in [0.717, 1.165) is 0 Å². The minimum absolute atomic E-state index is 0. The summed E-state index contributed by atoms with van der Waals surface area (Å²) in [7, 11) is 0. The summed E-state index contributed by atoms with van der Waals surface area (Å²) in [5, 5.41) is 0. The van der Waals surface area contributed by atoms with Crippen LogP contribution in [0.4, 0.5) is 123 Å². The number of halogens is 28. The van der Waals surface area contributed by atoms with E-state index in [9.17, 15) is 161 Å². The van der Waals surface area contributed by atoms with Gasteiger partial charge in [0.15, 0.2) is 0 Å². The summed E-state index contributed by atoms with van der Waals surface area (Å²) in [5.74, 6) is -65.6. The number of hydrogen-bond acceptors (Lipinski definition) is 8. The number of alkyl halides is 28. The zero-order valence-electron chi connectivity index (χ0n) is 41.2. The second-order valence-electron chi connectivity index (χ2n) is 19.7. The van der Waals surface area contributed by atoms with Gasteiger partial charge in [-0.25, -0.2) is 0 Å². The van der Waals surface area contributed by atoms with Crippen LogP contribution in [0.3, 0.4) is 0 Å². The van der Waals surface area contributed by atoms with Crippen molar-refractivity contribution in [3.05, 3.63) is 0 Å². The van der Waals surface area contributed by atoms with Gasteiger partial charge in [-0.15, -0.1) is 0 Å². The second-order valence-corrected chi connectivity index (χ2v) is 19.7. The van der Waals surface area contributed by atoms with E-state index in [1.165, 1.54) is 83.1 Å². The first-order valence-electron chi connectivity index (χ1n) is 19.8. The molecule has 0 aliphatic heterocycles. The van der Waals surface area contributed by atoms with Crippen LogP contribution in [-0.4, -0.2) is 118 Å². The predicted octanol–water partition coefficient (Wildman–Crippen LogP) is 13.6. The Morgan fingerprint density at radius 1 is 0.208 bits per heavy atom. The third kappa shape index (κ3) is 20.4. The zero-order valence-corrected chi connectivity index (χ0v) is 43.6. The Kier molecular flexibility index (Phi) is 27.1. The monoisotopic (exact) mass is 1270 g/mol. The predicted molar refractivity (Wildman–Crippen MR) is 200 cm³/mol.